The standard InChI is InChI=1S/C14H18N4O2/c1-10(5-6-11-4-3-9-20-11)16-14(19)12-7-8-13(15-2)18-17-12/h3-4,7-10H,5-6H2,1-2H3,(H,15,18)(H,16,19). The number of furan rings is 1. The molecule has 1 amide bonds. The van der Waals surface area contributed by atoms with Gasteiger partial charge in [-0.15, -0.1) is 10.2 Å². The molecule has 0 fully saturated rings. The molecule has 2 aromatic rings. The monoisotopic (exact) mass is 274 g/mol. The summed E-state index contributed by atoms with van der Waals surface area (Å²) < 4.78 is 5.26. The molecule has 106 valence electrons. The molecule has 2 aromatic heterocycles. The van der Waals surface area contributed by atoms with Crippen molar-refractivity contribution in [3.63, 3.8) is 0 Å². The third kappa shape index (κ3) is 3.81. The number of rotatable bonds is 6. The summed E-state index contributed by atoms with van der Waals surface area (Å²) in [5.74, 6) is 1.34. The van der Waals surface area contributed by atoms with Crippen LogP contribution in [0.2, 0.25) is 0 Å². The first kappa shape index (κ1) is 14.0. The zero-order chi connectivity index (χ0) is 14.4. The summed E-state index contributed by atoms with van der Waals surface area (Å²) in [4.78, 5) is 12.0. The van der Waals surface area contributed by atoms with Crippen molar-refractivity contribution < 1.29 is 9.21 Å². The first-order valence-electron chi connectivity index (χ1n) is 6.54. The van der Waals surface area contributed by atoms with Gasteiger partial charge in [0.15, 0.2) is 5.69 Å². The molecule has 2 N–H and O–H groups in total. The highest BCUT2D eigenvalue weighted by molar-refractivity contribution is 5.92. The topological polar surface area (TPSA) is 80.0 Å². The zero-order valence-corrected chi connectivity index (χ0v) is 11.6. The molecule has 6 nitrogen and oxygen atoms in total. The van der Waals surface area contributed by atoms with Gasteiger partial charge in [-0.05, 0) is 37.6 Å². The number of aryl methyl sites for hydroxylation is 1. The van der Waals surface area contributed by atoms with Gasteiger partial charge < -0.3 is 15.1 Å². The van der Waals surface area contributed by atoms with E-state index in [1.807, 2.05) is 19.1 Å². The van der Waals surface area contributed by atoms with Gasteiger partial charge in [0.05, 0.1) is 6.26 Å². The summed E-state index contributed by atoms with van der Waals surface area (Å²) in [6.45, 7) is 1.95. The Morgan fingerprint density at radius 2 is 2.20 bits per heavy atom. The van der Waals surface area contributed by atoms with Crippen molar-refractivity contribution in [2.24, 2.45) is 0 Å². The van der Waals surface area contributed by atoms with Crippen LogP contribution in [0.3, 0.4) is 0 Å². The van der Waals surface area contributed by atoms with E-state index in [-0.39, 0.29) is 11.9 Å². The summed E-state index contributed by atoms with van der Waals surface area (Å²) in [7, 11) is 1.75. The third-order valence-electron chi connectivity index (χ3n) is 2.93. The molecule has 0 spiro atoms. The lowest BCUT2D eigenvalue weighted by Gasteiger charge is -2.12. The Hall–Kier alpha value is -2.37. The van der Waals surface area contributed by atoms with Gasteiger partial charge in [-0.3, -0.25) is 4.79 Å². The Bertz CT molecular complexity index is 537. The first-order chi connectivity index (χ1) is 9.69. The Balaban J connectivity index is 1.83. The Morgan fingerprint density at radius 3 is 2.80 bits per heavy atom. The van der Waals surface area contributed by atoms with Crippen LogP contribution in [-0.2, 0) is 6.42 Å². The molecule has 6 heteroatoms. The lowest BCUT2D eigenvalue weighted by molar-refractivity contribution is 0.0932. The zero-order valence-electron chi connectivity index (χ0n) is 11.6. The van der Waals surface area contributed by atoms with Crippen molar-refractivity contribution >= 4 is 11.7 Å². The Labute approximate surface area is 117 Å². The van der Waals surface area contributed by atoms with Crippen molar-refractivity contribution in [2.45, 2.75) is 25.8 Å². The van der Waals surface area contributed by atoms with Crippen molar-refractivity contribution in [1.82, 2.24) is 15.5 Å². The summed E-state index contributed by atoms with van der Waals surface area (Å²) >= 11 is 0. The molecule has 0 aliphatic heterocycles. The SMILES string of the molecule is CNc1ccc(C(=O)NC(C)CCc2ccco2)nn1. The minimum Gasteiger partial charge on any atom is -0.469 e. The van der Waals surface area contributed by atoms with Crippen molar-refractivity contribution in [2.75, 3.05) is 12.4 Å². The maximum atomic E-state index is 12.0. The maximum Gasteiger partial charge on any atom is 0.272 e. The molecule has 0 radical (unpaired) electrons. The molecule has 0 saturated heterocycles. The fourth-order valence-electron chi connectivity index (χ4n) is 1.77. The van der Waals surface area contributed by atoms with E-state index in [9.17, 15) is 4.79 Å². The van der Waals surface area contributed by atoms with Crippen LogP contribution in [0.1, 0.15) is 29.6 Å². The predicted octanol–water partition coefficient (Wildman–Crippen LogP) is 1.86. The molecule has 20 heavy (non-hydrogen) atoms. The van der Waals surface area contributed by atoms with Crippen molar-refractivity contribution in [1.29, 1.82) is 0 Å². The van der Waals surface area contributed by atoms with Crippen LogP contribution >= 0.6 is 0 Å². The van der Waals surface area contributed by atoms with E-state index in [1.165, 1.54) is 0 Å². The highest BCUT2D eigenvalue weighted by Crippen LogP contribution is 2.06. The van der Waals surface area contributed by atoms with E-state index in [4.69, 9.17) is 4.42 Å². The van der Waals surface area contributed by atoms with E-state index in [0.29, 0.717) is 11.5 Å². The van der Waals surface area contributed by atoms with Gasteiger partial charge in [0.25, 0.3) is 5.91 Å². The smallest absolute Gasteiger partial charge is 0.272 e. The van der Waals surface area contributed by atoms with E-state index in [1.54, 1.807) is 25.4 Å². The van der Waals surface area contributed by atoms with Gasteiger partial charge in [-0.1, -0.05) is 0 Å². The fourth-order valence-corrected chi connectivity index (χ4v) is 1.77. The number of aromatic nitrogens is 2. The minimum atomic E-state index is -0.216. The van der Waals surface area contributed by atoms with Crippen LogP contribution in [0.25, 0.3) is 0 Å². The highest BCUT2D eigenvalue weighted by atomic mass is 16.3. The molecule has 0 bridgehead atoms. The van der Waals surface area contributed by atoms with Gasteiger partial charge in [0.2, 0.25) is 0 Å². The Morgan fingerprint density at radius 1 is 1.35 bits per heavy atom. The van der Waals surface area contributed by atoms with E-state index in [0.717, 1.165) is 18.6 Å². The second kappa shape index (κ2) is 6.70. The maximum absolute atomic E-state index is 12.0. The number of nitrogens with zero attached hydrogens (tertiary/aromatic N) is 2. The molecule has 0 saturated carbocycles. The molecule has 0 aromatic carbocycles. The van der Waals surface area contributed by atoms with Crippen LogP contribution in [0.4, 0.5) is 5.82 Å². The number of amides is 1. The quantitative estimate of drug-likeness (QED) is 0.840. The second-order valence-electron chi connectivity index (χ2n) is 4.55. The van der Waals surface area contributed by atoms with Gasteiger partial charge in [-0.25, -0.2) is 0 Å². The summed E-state index contributed by atoms with van der Waals surface area (Å²) in [5, 5.41) is 13.5. The molecule has 1 unspecified atom stereocenters. The second-order valence-corrected chi connectivity index (χ2v) is 4.55. The highest BCUT2D eigenvalue weighted by Gasteiger charge is 2.12. The number of hydrogen-bond donors (Lipinski definition) is 2. The molecule has 0 aliphatic carbocycles. The van der Waals surface area contributed by atoms with Crippen LogP contribution < -0.4 is 10.6 Å². The summed E-state index contributed by atoms with van der Waals surface area (Å²) in [6.07, 6.45) is 3.25. The molecular formula is C14H18N4O2. The van der Waals surface area contributed by atoms with E-state index >= 15 is 0 Å². The number of carbonyl (C=O) groups is 1. The van der Waals surface area contributed by atoms with Gasteiger partial charge in [0, 0.05) is 19.5 Å². The largest absolute Gasteiger partial charge is 0.469 e. The molecule has 1 atom stereocenters. The summed E-state index contributed by atoms with van der Waals surface area (Å²) in [6, 6.07) is 7.19. The Kier molecular flexibility index (Phi) is 4.70. The number of hydrogen-bond acceptors (Lipinski definition) is 5. The van der Waals surface area contributed by atoms with Crippen LogP contribution in [-0.4, -0.2) is 29.2 Å². The fraction of sp³-hybridized carbons (Fsp3) is 0.357. The first-order valence-corrected chi connectivity index (χ1v) is 6.54. The third-order valence-corrected chi connectivity index (χ3v) is 2.93. The summed E-state index contributed by atoms with van der Waals surface area (Å²) in [5.41, 5.74) is 0.314. The normalized spacial score (nSPS) is 11.9. The molecular weight excluding hydrogens is 256 g/mol. The average Bonchev–Trinajstić information content (AvgIpc) is 2.98. The van der Waals surface area contributed by atoms with Crippen LogP contribution in [0.15, 0.2) is 34.9 Å². The van der Waals surface area contributed by atoms with Crippen molar-refractivity contribution in [3.8, 4) is 0 Å². The lowest BCUT2D eigenvalue weighted by Crippen LogP contribution is -2.33. The van der Waals surface area contributed by atoms with Crippen molar-refractivity contribution in [3.05, 3.63) is 42.0 Å². The number of carbonyl (C=O) groups excluding carboxylic acids is 1. The molecule has 2 heterocycles. The number of nitrogens with one attached hydrogen (secondary N) is 2. The van der Waals surface area contributed by atoms with Crippen LogP contribution in [0.5, 0.6) is 0 Å². The lowest BCUT2D eigenvalue weighted by atomic mass is 10.1. The van der Waals surface area contributed by atoms with Gasteiger partial charge in [0.1, 0.15) is 11.6 Å². The molecule has 0 aliphatic rings. The minimum absolute atomic E-state index is 0.0402. The van der Waals surface area contributed by atoms with E-state index < -0.39 is 0 Å². The molecule has 2 rings (SSSR count). The van der Waals surface area contributed by atoms with E-state index in [2.05, 4.69) is 20.8 Å². The average molecular weight is 274 g/mol. The number of anilines is 1. The van der Waals surface area contributed by atoms with Crippen LogP contribution in [0, 0.1) is 0 Å². The van der Waals surface area contributed by atoms with Gasteiger partial charge in [-0.2, -0.15) is 0 Å². The predicted molar refractivity (Wildman–Crippen MR) is 75.5 cm³/mol. The van der Waals surface area contributed by atoms with Gasteiger partial charge >= 0.3 is 0 Å².